The van der Waals surface area contributed by atoms with Gasteiger partial charge in [0.15, 0.2) is 0 Å². The second-order valence-corrected chi connectivity index (χ2v) is 4.37. The van der Waals surface area contributed by atoms with Crippen molar-refractivity contribution in [2.24, 2.45) is 5.10 Å². The summed E-state index contributed by atoms with van der Waals surface area (Å²) in [7, 11) is 0. The Balaban J connectivity index is 1.76. The molecule has 2 rings (SSSR count). The van der Waals surface area contributed by atoms with Crippen LogP contribution in [0, 0.1) is 0 Å². The molecule has 102 valence electrons. The van der Waals surface area contributed by atoms with Gasteiger partial charge in [0.2, 0.25) is 5.91 Å². The number of nitrogens with one attached hydrogen (secondary N) is 1. The van der Waals surface area contributed by atoms with Crippen molar-refractivity contribution in [1.29, 1.82) is 0 Å². The van der Waals surface area contributed by atoms with Crippen LogP contribution in [-0.2, 0) is 11.2 Å². The minimum Gasteiger partial charge on any atom is -0.508 e. The molecule has 4 nitrogen and oxygen atoms in total. The van der Waals surface area contributed by atoms with E-state index in [0.29, 0.717) is 12.8 Å². The van der Waals surface area contributed by atoms with Crippen molar-refractivity contribution < 1.29 is 9.90 Å². The highest BCUT2D eigenvalue weighted by Gasteiger charge is 2.00. The lowest BCUT2D eigenvalue weighted by atomic mass is 10.1. The van der Waals surface area contributed by atoms with Gasteiger partial charge in [-0.05, 0) is 41.8 Å². The molecule has 2 N–H and O–H groups in total. The molecule has 0 aliphatic rings. The second-order valence-electron chi connectivity index (χ2n) is 4.37. The molecular weight excluding hydrogens is 252 g/mol. The first kappa shape index (κ1) is 13.8. The molecule has 0 heterocycles. The average molecular weight is 268 g/mol. The van der Waals surface area contributed by atoms with E-state index in [0.717, 1.165) is 11.1 Å². The van der Waals surface area contributed by atoms with Crippen molar-refractivity contribution in [3.8, 4) is 5.75 Å². The molecule has 0 spiro atoms. The number of carbonyl (C=O) groups is 1. The zero-order valence-corrected chi connectivity index (χ0v) is 11.0. The van der Waals surface area contributed by atoms with Gasteiger partial charge in [0.05, 0.1) is 6.21 Å². The molecule has 0 aliphatic heterocycles. The van der Waals surface area contributed by atoms with Gasteiger partial charge in [-0.3, -0.25) is 4.79 Å². The lowest BCUT2D eigenvalue weighted by Crippen LogP contribution is -2.17. The maximum atomic E-state index is 11.6. The largest absolute Gasteiger partial charge is 0.508 e. The van der Waals surface area contributed by atoms with Crippen molar-refractivity contribution in [2.75, 3.05) is 0 Å². The van der Waals surface area contributed by atoms with Gasteiger partial charge in [-0.2, -0.15) is 5.10 Å². The fourth-order valence-corrected chi connectivity index (χ4v) is 1.70. The smallest absolute Gasteiger partial charge is 0.240 e. The van der Waals surface area contributed by atoms with Crippen LogP contribution in [0.2, 0.25) is 0 Å². The first-order valence-corrected chi connectivity index (χ1v) is 6.39. The third-order valence-electron chi connectivity index (χ3n) is 2.78. The first-order valence-electron chi connectivity index (χ1n) is 6.39. The van der Waals surface area contributed by atoms with Crippen LogP contribution in [0.25, 0.3) is 0 Å². The number of hydrazone groups is 1. The number of phenolic OH excluding ortho intramolecular Hbond substituents is 1. The van der Waals surface area contributed by atoms with Crippen molar-refractivity contribution in [3.05, 3.63) is 65.7 Å². The van der Waals surface area contributed by atoms with Crippen LogP contribution in [0.1, 0.15) is 17.5 Å². The van der Waals surface area contributed by atoms with Gasteiger partial charge >= 0.3 is 0 Å². The number of aromatic hydroxyl groups is 1. The minimum absolute atomic E-state index is 0.121. The summed E-state index contributed by atoms with van der Waals surface area (Å²) in [6.07, 6.45) is 2.64. The van der Waals surface area contributed by atoms with Gasteiger partial charge in [-0.15, -0.1) is 0 Å². The average Bonchev–Trinajstić information content (AvgIpc) is 2.48. The number of hydrogen-bond donors (Lipinski definition) is 2. The molecule has 0 saturated carbocycles. The molecule has 4 heteroatoms. The van der Waals surface area contributed by atoms with Crippen LogP contribution in [-0.4, -0.2) is 17.2 Å². The van der Waals surface area contributed by atoms with Crippen molar-refractivity contribution in [1.82, 2.24) is 5.43 Å². The summed E-state index contributed by atoms with van der Waals surface area (Å²) >= 11 is 0. The van der Waals surface area contributed by atoms with E-state index in [1.165, 1.54) is 0 Å². The number of hydrogen-bond acceptors (Lipinski definition) is 3. The third kappa shape index (κ3) is 4.57. The molecule has 2 aromatic rings. The van der Waals surface area contributed by atoms with Crippen LogP contribution in [0.15, 0.2) is 59.7 Å². The normalized spacial score (nSPS) is 10.6. The number of nitrogens with zero attached hydrogens (tertiary/aromatic N) is 1. The predicted molar refractivity (Wildman–Crippen MR) is 78.6 cm³/mol. The summed E-state index contributed by atoms with van der Waals surface area (Å²) in [6.45, 7) is 0. The van der Waals surface area contributed by atoms with E-state index in [1.54, 1.807) is 30.5 Å². The van der Waals surface area contributed by atoms with Crippen LogP contribution in [0.5, 0.6) is 5.75 Å². The molecule has 0 fully saturated rings. The monoisotopic (exact) mass is 268 g/mol. The Morgan fingerprint density at radius 2 is 1.80 bits per heavy atom. The summed E-state index contributed by atoms with van der Waals surface area (Å²) in [5.74, 6) is 0.0814. The third-order valence-corrected chi connectivity index (χ3v) is 2.78. The molecule has 20 heavy (non-hydrogen) atoms. The Hall–Kier alpha value is -2.62. The number of phenols is 1. The fourth-order valence-electron chi connectivity index (χ4n) is 1.70. The van der Waals surface area contributed by atoms with Gasteiger partial charge in [0, 0.05) is 6.42 Å². The predicted octanol–water partition coefficient (Wildman–Crippen LogP) is 2.48. The van der Waals surface area contributed by atoms with E-state index in [4.69, 9.17) is 5.11 Å². The number of amides is 1. The summed E-state index contributed by atoms with van der Waals surface area (Å²) in [5.41, 5.74) is 4.43. The highest BCUT2D eigenvalue weighted by molar-refractivity contribution is 5.82. The van der Waals surface area contributed by atoms with Crippen LogP contribution < -0.4 is 5.43 Å². The highest BCUT2D eigenvalue weighted by atomic mass is 16.3. The quantitative estimate of drug-likeness (QED) is 0.646. The Kier molecular flexibility index (Phi) is 4.89. The van der Waals surface area contributed by atoms with Crippen LogP contribution >= 0.6 is 0 Å². The van der Waals surface area contributed by atoms with Crippen molar-refractivity contribution in [2.45, 2.75) is 12.8 Å². The molecule has 0 saturated heterocycles. The molecule has 2 aromatic carbocycles. The lowest BCUT2D eigenvalue weighted by Gasteiger charge is -2.00. The highest BCUT2D eigenvalue weighted by Crippen LogP contribution is 2.07. The molecule has 0 unspecified atom stereocenters. The Labute approximate surface area is 117 Å². The van der Waals surface area contributed by atoms with E-state index < -0.39 is 0 Å². The molecular formula is C16H16N2O2. The molecule has 0 radical (unpaired) electrons. The molecule has 0 aliphatic carbocycles. The van der Waals surface area contributed by atoms with Crippen LogP contribution in [0.4, 0.5) is 0 Å². The molecule has 0 aromatic heterocycles. The maximum Gasteiger partial charge on any atom is 0.240 e. The summed E-state index contributed by atoms with van der Waals surface area (Å²) in [5, 5.41) is 13.0. The van der Waals surface area contributed by atoms with E-state index in [1.807, 2.05) is 30.3 Å². The fraction of sp³-hybridized carbons (Fsp3) is 0.125. The molecule has 1 amide bonds. The Morgan fingerprint density at radius 1 is 1.10 bits per heavy atom. The summed E-state index contributed by atoms with van der Waals surface area (Å²) in [6, 6.07) is 16.4. The maximum absolute atomic E-state index is 11.6. The minimum atomic E-state index is -0.121. The Bertz CT molecular complexity index is 577. The zero-order chi connectivity index (χ0) is 14.2. The van der Waals surface area contributed by atoms with E-state index in [9.17, 15) is 4.79 Å². The number of carbonyl (C=O) groups excluding carboxylic acids is 1. The van der Waals surface area contributed by atoms with E-state index in [-0.39, 0.29) is 11.7 Å². The number of aryl methyl sites for hydroxylation is 1. The topological polar surface area (TPSA) is 61.7 Å². The van der Waals surface area contributed by atoms with Gasteiger partial charge in [-0.1, -0.05) is 30.3 Å². The molecule has 0 bridgehead atoms. The van der Waals surface area contributed by atoms with Crippen molar-refractivity contribution >= 4 is 12.1 Å². The van der Waals surface area contributed by atoms with Gasteiger partial charge < -0.3 is 5.11 Å². The van der Waals surface area contributed by atoms with Gasteiger partial charge in [-0.25, -0.2) is 5.43 Å². The van der Waals surface area contributed by atoms with Gasteiger partial charge in [0.1, 0.15) is 5.75 Å². The number of rotatable bonds is 5. The molecule has 0 atom stereocenters. The lowest BCUT2D eigenvalue weighted by molar-refractivity contribution is -0.121. The SMILES string of the molecule is O=C(CCc1ccccc1)NN=Cc1ccc(O)cc1. The second kappa shape index (κ2) is 7.09. The standard InChI is InChI=1S/C16H16N2O2/c19-15-9-6-14(7-10-15)12-17-18-16(20)11-8-13-4-2-1-3-5-13/h1-7,9-10,12,19H,8,11H2,(H,18,20). The van der Waals surface area contributed by atoms with Crippen molar-refractivity contribution in [3.63, 3.8) is 0 Å². The van der Waals surface area contributed by atoms with Gasteiger partial charge in [0.25, 0.3) is 0 Å². The summed E-state index contributed by atoms with van der Waals surface area (Å²) < 4.78 is 0. The van der Waals surface area contributed by atoms with E-state index in [2.05, 4.69) is 10.5 Å². The summed E-state index contributed by atoms with van der Waals surface area (Å²) in [4.78, 5) is 11.6. The van der Waals surface area contributed by atoms with E-state index >= 15 is 0 Å². The van der Waals surface area contributed by atoms with Crippen LogP contribution in [0.3, 0.4) is 0 Å². The number of benzene rings is 2. The Morgan fingerprint density at radius 3 is 2.50 bits per heavy atom. The first-order chi connectivity index (χ1) is 9.74. The zero-order valence-electron chi connectivity index (χ0n) is 11.0.